The Bertz CT molecular complexity index is 490. The Morgan fingerprint density at radius 3 is 2.88 bits per heavy atom. The van der Waals surface area contributed by atoms with Crippen molar-refractivity contribution in [3.63, 3.8) is 0 Å². The van der Waals surface area contributed by atoms with Gasteiger partial charge in [-0.05, 0) is 34.1 Å². The van der Waals surface area contributed by atoms with Crippen molar-refractivity contribution in [2.24, 2.45) is 7.05 Å². The SMILES string of the molecule is Cn1nccc1CCOc1c(N)cccc1Br. The Labute approximate surface area is 109 Å². The molecule has 0 fully saturated rings. The third-order valence-corrected chi connectivity index (χ3v) is 3.15. The van der Waals surface area contributed by atoms with E-state index in [4.69, 9.17) is 10.5 Å². The monoisotopic (exact) mass is 295 g/mol. The van der Waals surface area contributed by atoms with Crippen molar-refractivity contribution in [3.05, 3.63) is 40.6 Å². The molecule has 0 saturated heterocycles. The second-order valence-corrected chi connectivity index (χ2v) is 4.56. The number of benzene rings is 1. The van der Waals surface area contributed by atoms with Gasteiger partial charge < -0.3 is 10.5 Å². The fraction of sp³-hybridized carbons (Fsp3) is 0.250. The highest BCUT2D eigenvalue weighted by atomic mass is 79.9. The third kappa shape index (κ3) is 2.79. The van der Waals surface area contributed by atoms with Crippen molar-refractivity contribution in [3.8, 4) is 5.75 Å². The first-order chi connectivity index (χ1) is 8.18. The van der Waals surface area contributed by atoms with Crippen LogP contribution >= 0.6 is 15.9 Å². The topological polar surface area (TPSA) is 53.1 Å². The lowest BCUT2D eigenvalue weighted by atomic mass is 10.3. The number of halogens is 1. The van der Waals surface area contributed by atoms with Crippen LogP contribution in [0.4, 0.5) is 5.69 Å². The summed E-state index contributed by atoms with van der Waals surface area (Å²) < 4.78 is 8.40. The summed E-state index contributed by atoms with van der Waals surface area (Å²) in [6.45, 7) is 0.576. The van der Waals surface area contributed by atoms with Gasteiger partial charge >= 0.3 is 0 Å². The van der Waals surface area contributed by atoms with Crippen LogP contribution in [0, 0.1) is 0 Å². The number of hydrogen-bond donors (Lipinski definition) is 1. The van der Waals surface area contributed by atoms with E-state index in [1.807, 2.05) is 36.0 Å². The second kappa shape index (κ2) is 5.23. The minimum absolute atomic E-state index is 0.576. The molecule has 0 aliphatic heterocycles. The van der Waals surface area contributed by atoms with Crippen LogP contribution in [0.1, 0.15) is 5.69 Å². The van der Waals surface area contributed by atoms with Gasteiger partial charge in [-0.2, -0.15) is 5.10 Å². The maximum absolute atomic E-state index is 5.84. The van der Waals surface area contributed by atoms with E-state index in [1.165, 1.54) is 0 Å². The molecule has 17 heavy (non-hydrogen) atoms. The molecule has 5 heteroatoms. The minimum atomic E-state index is 0.576. The quantitative estimate of drug-likeness (QED) is 0.881. The molecular formula is C12H14BrN3O. The molecule has 1 heterocycles. The van der Waals surface area contributed by atoms with E-state index in [2.05, 4.69) is 21.0 Å². The molecule has 4 nitrogen and oxygen atoms in total. The summed E-state index contributed by atoms with van der Waals surface area (Å²) >= 11 is 3.42. The number of hydrogen-bond acceptors (Lipinski definition) is 3. The Hall–Kier alpha value is -1.49. The first-order valence-corrected chi connectivity index (χ1v) is 6.11. The fourth-order valence-electron chi connectivity index (χ4n) is 1.58. The number of para-hydroxylation sites is 1. The zero-order chi connectivity index (χ0) is 12.3. The smallest absolute Gasteiger partial charge is 0.156 e. The average Bonchev–Trinajstić information content (AvgIpc) is 2.69. The number of rotatable bonds is 4. The highest BCUT2D eigenvalue weighted by Crippen LogP contribution is 2.30. The fourth-order valence-corrected chi connectivity index (χ4v) is 2.08. The molecule has 0 radical (unpaired) electrons. The predicted octanol–water partition coefficient (Wildman–Crippen LogP) is 2.39. The molecule has 0 unspecified atom stereocenters. The number of nitrogen functional groups attached to an aromatic ring is 1. The highest BCUT2D eigenvalue weighted by Gasteiger charge is 2.05. The zero-order valence-electron chi connectivity index (χ0n) is 9.56. The van der Waals surface area contributed by atoms with E-state index in [9.17, 15) is 0 Å². The van der Waals surface area contributed by atoms with Crippen molar-refractivity contribution in [1.82, 2.24) is 9.78 Å². The number of aryl methyl sites for hydroxylation is 1. The van der Waals surface area contributed by atoms with Gasteiger partial charge in [-0.3, -0.25) is 4.68 Å². The zero-order valence-corrected chi connectivity index (χ0v) is 11.1. The number of nitrogens with zero attached hydrogens (tertiary/aromatic N) is 2. The lowest BCUT2D eigenvalue weighted by molar-refractivity contribution is 0.318. The Morgan fingerprint density at radius 1 is 1.41 bits per heavy atom. The largest absolute Gasteiger partial charge is 0.490 e. The van der Waals surface area contributed by atoms with E-state index in [-0.39, 0.29) is 0 Å². The van der Waals surface area contributed by atoms with Gasteiger partial charge in [-0.25, -0.2) is 0 Å². The van der Waals surface area contributed by atoms with Crippen LogP contribution in [0.15, 0.2) is 34.9 Å². The molecule has 0 aliphatic rings. The molecule has 0 bridgehead atoms. The van der Waals surface area contributed by atoms with Gasteiger partial charge in [0.25, 0.3) is 0 Å². The van der Waals surface area contributed by atoms with Crippen LogP contribution in [0.3, 0.4) is 0 Å². The molecule has 0 spiro atoms. The third-order valence-electron chi connectivity index (χ3n) is 2.52. The summed E-state index contributed by atoms with van der Waals surface area (Å²) in [5, 5.41) is 4.10. The van der Waals surface area contributed by atoms with Crippen LogP contribution < -0.4 is 10.5 Å². The molecule has 90 valence electrons. The van der Waals surface area contributed by atoms with E-state index in [1.54, 1.807) is 6.20 Å². The van der Waals surface area contributed by atoms with E-state index in [0.717, 1.165) is 16.6 Å². The lowest BCUT2D eigenvalue weighted by Gasteiger charge is -2.10. The number of nitrogens with two attached hydrogens (primary N) is 1. The van der Waals surface area contributed by atoms with Crippen LogP contribution in [0.5, 0.6) is 5.75 Å². The summed E-state index contributed by atoms with van der Waals surface area (Å²) in [6, 6.07) is 7.60. The molecule has 2 N–H and O–H groups in total. The van der Waals surface area contributed by atoms with Gasteiger partial charge in [-0.1, -0.05) is 6.07 Å². The summed E-state index contributed by atoms with van der Waals surface area (Å²) in [5.41, 5.74) is 7.62. The van der Waals surface area contributed by atoms with Crippen molar-refractivity contribution >= 4 is 21.6 Å². The normalized spacial score (nSPS) is 10.5. The predicted molar refractivity (Wildman–Crippen MR) is 71.0 cm³/mol. The maximum atomic E-state index is 5.84. The Kier molecular flexibility index (Phi) is 3.68. The van der Waals surface area contributed by atoms with E-state index >= 15 is 0 Å². The average molecular weight is 296 g/mol. The Morgan fingerprint density at radius 2 is 2.24 bits per heavy atom. The standard InChI is InChI=1S/C12H14BrN3O/c1-16-9(5-7-15-16)6-8-17-12-10(13)3-2-4-11(12)14/h2-5,7H,6,8,14H2,1H3. The van der Waals surface area contributed by atoms with E-state index in [0.29, 0.717) is 18.0 Å². The van der Waals surface area contributed by atoms with Crippen molar-refractivity contribution in [2.75, 3.05) is 12.3 Å². The number of anilines is 1. The highest BCUT2D eigenvalue weighted by molar-refractivity contribution is 9.10. The van der Waals surface area contributed by atoms with Crippen molar-refractivity contribution in [1.29, 1.82) is 0 Å². The summed E-state index contributed by atoms with van der Waals surface area (Å²) in [7, 11) is 1.92. The number of aromatic nitrogens is 2. The number of ether oxygens (including phenoxy) is 1. The molecule has 1 aromatic heterocycles. The van der Waals surface area contributed by atoms with Crippen LogP contribution in [-0.2, 0) is 13.5 Å². The first kappa shape index (κ1) is 12.0. The molecule has 2 rings (SSSR count). The first-order valence-electron chi connectivity index (χ1n) is 5.32. The molecular weight excluding hydrogens is 282 g/mol. The van der Waals surface area contributed by atoms with E-state index < -0.39 is 0 Å². The van der Waals surface area contributed by atoms with Gasteiger partial charge in [-0.15, -0.1) is 0 Å². The van der Waals surface area contributed by atoms with Gasteiger partial charge in [0.05, 0.1) is 16.8 Å². The van der Waals surface area contributed by atoms with Crippen LogP contribution in [0.25, 0.3) is 0 Å². The maximum Gasteiger partial charge on any atom is 0.156 e. The Balaban J connectivity index is 1.97. The second-order valence-electron chi connectivity index (χ2n) is 3.70. The van der Waals surface area contributed by atoms with Crippen LogP contribution in [-0.4, -0.2) is 16.4 Å². The van der Waals surface area contributed by atoms with Crippen molar-refractivity contribution in [2.45, 2.75) is 6.42 Å². The summed E-state index contributed by atoms with van der Waals surface area (Å²) in [5.74, 6) is 0.703. The molecule has 0 saturated carbocycles. The van der Waals surface area contributed by atoms with Gasteiger partial charge in [0, 0.05) is 25.4 Å². The van der Waals surface area contributed by atoms with Gasteiger partial charge in [0.1, 0.15) is 0 Å². The summed E-state index contributed by atoms with van der Waals surface area (Å²) in [6.07, 6.45) is 2.58. The molecule has 2 aromatic rings. The van der Waals surface area contributed by atoms with Gasteiger partial charge in [0.15, 0.2) is 5.75 Å². The molecule has 0 amide bonds. The van der Waals surface area contributed by atoms with Gasteiger partial charge in [0.2, 0.25) is 0 Å². The summed E-state index contributed by atoms with van der Waals surface area (Å²) in [4.78, 5) is 0. The molecule has 0 atom stereocenters. The lowest BCUT2D eigenvalue weighted by Crippen LogP contribution is -2.07. The minimum Gasteiger partial charge on any atom is -0.490 e. The van der Waals surface area contributed by atoms with Crippen molar-refractivity contribution < 1.29 is 4.74 Å². The molecule has 0 aliphatic carbocycles. The molecule has 1 aromatic carbocycles. The van der Waals surface area contributed by atoms with Crippen LogP contribution in [0.2, 0.25) is 0 Å².